The van der Waals surface area contributed by atoms with E-state index in [1.54, 1.807) is 0 Å². The van der Waals surface area contributed by atoms with Gasteiger partial charge in [-0.2, -0.15) is 0 Å². The third-order valence-corrected chi connectivity index (χ3v) is 2.51. The number of ether oxygens (including phenoxy) is 1. The van der Waals surface area contributed by atoms with Gasteiger partial charge >= 0.3 is 5.97 Å². The van der Waals surface area contributed by atoms with Crippen LogP contribution >= 0.6 is 0 Å². The van der Waals surface area contributed by atoms with E-state index in [-0.39, 0.29) is 18.6 Å². The van der Waals surface area contributed by atoms with Crippen LogP contribution in [-0.2, 0) is 14.3 Å². The predicted molar refractivity (Wildman–Crippen MR) is 66.5 cm³/mol. The van der Waals surface area contributed by atoms with Gasteiger partial charge < -0.3 is 30.3 Å². The van der Waals surface area contributed by atoms with Gasteiger partial charge in [0.25, 0.3) is 0 Å². The van der Waals surface area contributed by atoms with Crippen molar-refractivity contribution in [3.8, 4) is 0 Å². The molecule has 8 nitrogen and oxygen atoms in total. The van der Waals surface area contributed by atoms with Crippen LogP contribution in [0.3, 0.4) is 0 Å². The van der Waals surface area contributed by atoms with E-state index >= 15 is 0 Å². The number of Topliss-reactive ketones (excluding diaryl/α,β-unsaturated/α-hetero) is 1. The fraction of sp³-hybridized carbons (Fsp3) is 0.667. The van der Waals surface area contributed by atoms with Crippen molar-refractivity contribution in [2.45, 2.75) is 37.8 Å². The molecule has 0 spiro atoms. The Labute approximate surface area is 115 Å². The summed E-state index contributed by atoms with van der Waals surface area (Å²) < 4.78 is 4.63. The number of carbonyl (C=O) groups is 2. The van der Waals surface area contributed by atoms with Gasteiger partial charge in [0.05, 0.1) is 13.2 Å². The molecule has 0 aliphatic rings. The standard InChI is InChI=1S/C12H20O8/c1-6(2)12(19)20-4-3-7(14)9(16)11(18)10(17)8(15)5-13/h8-11,13,15-18H,1,3-5H2,2H3/t8-,9-,10-,11-/m1/s1. The topological polar surface area (TPSA) is 145 Å². The molecule has 0 aromatic heterocycles. The van der Waals surface area contributed by atoms with Gasteiger partial charge in [0.15, 0.2) is 5.78 Å². The SMILES string of the molecule is C=C(C)C(=O)OCCC(=O)[C@@H](O)[C@@H](O)[C@H](O)[C@H](O)CO. The van der Waals surface area contributed by atoms with E-state index in [0.29, 0.717) is 0 Å². The first-order valence-electron chi connectivity index (χ1n) is 5.90. The molecular formula is C12H20O8. The van der Waals surface area contributed by atoms with Crippen molar-refractivity contribution in [3.05, 3.63) is 12.2 Å². The number of rotatable bonds is 9. The van der Waals surface area contributed by atoms with Crippen molar-refractivity contribution < 1.29 is 39.9 Å². The maximum absolute atomic E-state index is 11.5. The molecule has 8 heteroatoms. The van der Waals surface area contributed by atoms with E-state index in [4.69, 9.17) is 10.2 Å². The first kappa shape index (κ1) is 18.7. The molecule has 0 fully saturated rings. The second kappa shape index (κ2) is 8.77. The van der Waals surface area contributed by atoms with Crippen molar-refractivity contribution >= 4 is 11.8 Å². The van der Waals surface area contributed by atoms with Crippen molar-refractivity contribution in [3.63, 3.8) is 0 Å². The number of esters is 1. The molecule has 20 heavy (non-hydrogen) atoms. The number of hydrogen-bond acceptors (Lipinski definition) is 8. The van der Waals surface area contributed by atoms with E-state index in [2.05, 4.69) is 11.3 Å². The molecular weight excluding hydrogens is 272 g/mol. The molecule has 0 aromatic rings. The van der Waals surface area contributed by atoms with Gasteiger partial charge in [-0.15, -0.1) is 0 Å². The smallest absolute Gasteiger partial charge is 0.333 e. The lowest BCUT2D eigenvalue weighted by atomic mass is 9.99. The summed E-state index contributed by atoms with van der Waals surface area (Å²) in [6.45, 7) is 3.61. The zero-order valence-corrected chi connectivity index (χ0v) is 11.1. The van der Waals surface area contributed by atoms with Gasteiger partial charge in [0.2, 0.25) is 0 Å². The van der Waals surface area contributed by atoms with Gasteiger partial charge in [-0.1, -0.05) is 6.58 Å². The van der Waals surface area contributed by atoms with Gasteiger partial charge in [-0.05, 0) is 6.92 Å². The summed E-state index contributed by atoms with van der Waals surface area (Å²) in [6, 6.07) is 0. The van der Waals surface area contributed by atoms with Crippen molar-refractivity contribution in [1.82, 2.24) is 0 Å². The third-order valence-electron chi connectivity index (χ3n) is 2.51. The largest absolute Gasteiger partial charge is 0.462 e. The maximum Gasteiger partial charge on any atom is 0.333 e. The van der Waals surface area contributed by atoms with Crippen LogP contribution in [0.1, 0.15) is 13.3 Å². The lowest BCUT2D eigenvalue weighted by molar-refractivity contribution is -0.149. The van der Waals surface area contributed by atoms with Crippen LogP contribution < -0.4 is 0 Å². The van der Waals surface area contributed by atoms with Crippen molar-refractivity contribution in [2.75, 3.05) is 13.2 Å². The predicted octanol–water partition coefficient (Wildman–Crippen LogP) is -2.50. The van der Waals surface area contributed by atoms with Gasteiger partial charge in [-0.25, -0.2) is 4.79 Å². The molecule has 0 aliphatic carbocycles. The molecule has 0 amide bonds. The zero-order valence-electron chi connectivity index (χ0n) is 11.1. The number of hydrogen-bond donors (Lipinski definition) is 5. The minimum Gasteiger partial charge on any atom is -0.462 e. The molecule has 0 bridgehead atoms. The molecule has 5 N–H and O–H groups in total. The summed E-state index contributed by atoms with van der Waals surface area (Å²) in [5.41, 5.74) is 0.152. The molecule has 116 valence electrons. The average Bonchev–Trinajstić information content (AvgIpc) is 2.43. The monoisotopic (exact) mass is 292 g/mol. The lowest BCUT2D eigenvalue weighted by Gasteiger charge is -2.24. The molecule has 0 aliphatic heterocycles. The molecule has 4 atom stereocenters. The summed E-state index contributed by atoms with van der Waals surface area (Å²) in [6.07, 6.45) is -7.86. The fourth-order valence-electron chi connectivity index (χ4n) is 1.23. The van der Waals surface area contributed by atoms with Crippen LogP contribution in [0.2, 0.25) is 0 Å². The highest BCUT2D eigenvalue weighted by molar-refractivity contribution is 5.87. The highest BCUT2D eigenvalue weighted by Gasteiger charge is 2.33. The minimum atomic E-state index is -1.96. The van der Waals surface area contributed by atoms with E-state index in [1.165, 1.54) is 6.92 Å². The molecule has 0 saturated heterocycles. The van der Waals surface area contributed by atoms with Crippen LogP contribution in [0.5, 0.6) is 0 Å². The molecule has 0 radical (unpaired) electrons. The van der Waals surface area contributed by atoms with Crippen LogP contribution in [0.15, 0.2) is 12.2 Å². The summed E-state index contributed by atoms with van der Waals surface area (Å²) in [7, 11) is 0. The second-order valence-corrected chi connectivity index (χ2v) is 4.31. The van der Waals surface area contributed by atoms with Crippen LogP contribution in [-0.4, -0.2) is 74.9 Å². The number of carbonyl (C=O) groups excluding carboxylic acids is 2. The Bertz CT molecular complexity index is 353. The Morgan fingerprint density at radius 3 is 2.15 bits per heavy atom. The Morgan fingerprint density at radius 1 is 1.15 bits per heavy atom. The minimum absolute atomic E-state index is 0.152. The highest BCUT2D eigenvalue weighted by Crippen LogP contribution is 2.08. The van der Waals surface area contributed by atoms with Crippen LogP contribution in [0.25, 0.3) is 0 Å². The van der Waals surface area contributed by atoms with Gasteiger partial charge in [-0.3, -0.25) is 4.79 Å². The Kier molecular flexibility index (Phi) is 8.19. The second-order valence-electron chi connectivity index (χ2n) is 4.31. The first-order valence-corrected chi connectivity index (χ1v) is 5.90. The average molecular weight is 292 g/mol. The number of aliphatic hydroxyl groups excluding tert-OH is 5. The summed E-state index contributed by atoms with van der Waals surface area (Å²) >= 11 is 0. The normalized spacial score (nSPS) is 16.9. The summed E-state index contributed by atoms with van der Waals surface area (Å²) in [4.78, 5) is 22.5. The van der Waals surface area contributed by atoms with E-state index in [9.17, 15) is 24.9 Å². The third kappa shape index (κ3) is 5.76. The van der Waals surface area contributed by atoms with Crippen molar-refractivity contribution in [2.24, 2.45) is 0 Å². The molecule has 0 saturated carbocycles. The Hall–Kier alpha value is -1.32. The molecule has 0 heterocycles. The summed E-state index contributed by atoms with van der Waals surface area (Å²) in [5, 5.41) is 45.9. The highest BCUT2D eigenvalue weighted by atomic mass is 16.5. The fourth-order valence-corrected chi connectivity index (χ4v) is 1.23. The number of aliphatic hydroxyl groups is 5. The molecule has 0 rings (SSSR count). The van der Waals surface area contributed by atoms with Gasteiger partial charge in [0, 0.05) is 12.0 Å². The van der Waals surface area contributed by atoms with Crippen LogP contribution in [0.4, 0.5) is 0 Å². The Balaban J connectivity index is 4.27. The van der Waals surface area contributed by atoms with Crippen LogP contribution in [0, 0.1) is 0 Å². The van der Waals surface area contributed by atoms with E-state index in [1.807, 2.05) is 0 Å². The van der Waals surface area contributed by atoms with E-state index < -0.39 is 42.8 Å². The van der Waals surface area contributed by atoms with E-state index in [0.717, 1.165) is 0 Å². The molecule has 0 aromatic carbocycles. The van der Waals surface area contributed by atoms with Crippen molar-refractivity contribution in [1.29, 1.82) is 0 Å². The van der Waals surface area contributed by atoms with Gasteiger partial charge in [0.1, 0.15) is 24.4 Å². The zero-order chi connectivity index (χ0) is 15.9. The Morgan fingerprint density at radius 2 is 1.70 bits per heavy atom. The first-order chi connectivity index (χ1) is 9.22. The lowest BCUT2D eigenvalue weighted by Crippen LogP contribution is -2.48. The quantitative estimate of drug-likeness (QED) is 0.232. The summed E-state index contributed by atoms with van der Waals surface area (Å²) in [5.74, 6) is -1.57. The molecule has 0 unspecified atom stereocenters. The maximum atomic E-state index is 11.5. The number of ketones is 1.